The van der Waals surface area contributed by atoms with E-state index in [1.54, 1.807) is 0 Å². The first kappa shape index (κ1) is 14.9. The van der Waals surface area contributed by atoms with E-state index in [2.05, 4.69) is 44.3 Å². The Labute approximate surface area is 128 Å². The summed E-state index contributed by atoms with van der Waals surface area (Å²) < 4.78 is 11.6. The molecular weight excluding hydrogens is 262 g/mol. The summed E-state index contributed by atoms with van der Waals surface area (Å²) in [5.41, 5.74) is 2.94. The number of hydrogen-bond donors (Lipinski definition) is 1. The van der Waals surface area contributed by atoms with Crippen molar-refractivity contribution in [1.29, 1.82) is 0 Å². The Bertz CT molecular complexity index is 504. The van der Waals surface area contributed by atoms with E-state index in [1.165, 1.54) is 11.1 Å². The van der Waals surface area contributed by atoms with E-state index in [4.69, 9.17) is 9.47 Å². The standard InChI is InChI=1S/C18H27NO2/c1-17(2)11-14-5-4-6-15(16(14)21-17)12-19-13-18(3)7-9-20-10-8-18/h4-6,19H,7-13H2,1-3H3. The minimum atomic E-state index is -0.0644. The molecule has 2 aliphatic rings. The van der Waals surface area contributed by atoms with Crippen molar-refractivity contribution in [2.24, 2.45) is 5.41 Å². The van der Waals surface area contributed by atoms with Gasteiger partial charge in [-0.15, -0.1) is 0 Å². The van der Waals surface area contributed by atoms with Crippen LogP contribution >= 0.6 is 0 Å². The van der Waals surface area contributed by atoms with Crippen molar-refractivity contribution in [3.63, 3.8) is 0 Å². The van der Waals surface area contributed by atoms with Gasteiger partial charge in [-0.05, 0) is 37.7 Å². The monoisotopic (exact) mass is 289 g/mol. The van der Waals surface area contributed by atoms with E-state index in [0.29, 0.717) is 5.41 Å². The molecule has 0 bridgehead atoms. The van der Waals surface area contributed by atoms with Crippen LogP contribution in [0.2, 0.25) is 0 Å². The third kappa shape index (κ3) is 3.41. The van der Waals surface area contributed by atoms with Gasteiger partial charge in [0.1, 0.15) is 11.4 Å². The van der Waals surface area contributed by atoms with Gasteiger partial charge < -0.3 is 14.8 Å². The van der Waals surface area contributed by atoms with E-state index in [9.17, 15) is 0 Å². The van der Waals surface area contributed by atoms with Crippen molar-refractivity contribution in [3.05, 3.63) is 29.3 Å². The maximum atomic E-state index is 6.13. The number of nitrogens with one attached hydrogen (secondary N) is 1. The van der Waals surface area contributed by atoms with E-state index in [1.807, 2.05) is 0 Å². The van der Waals surface area contributed by atoms with Crippen molar-refractivity contribution < 1.29 is 9.47 Å². The summed E-state index contributed by atoms with van der Waals surface area (Å²) in [6.07, 6.45) is 3.30. The second kappa shape index (κ2) is 5.62. The molecule has 0 spiro atoms. The lowest BCUT2D eigenvalue weighted by atomic mass is 9.82. The third-order valence-corrected chi connectivity index (χ3v) is 4.74. The normalized spacial score (nSPS) is 22.6. The predicted molar refractivity (Wildman–Crippen MR) is 84.7 cm³/mol. The zero-order chi connectivity index (χ0) is 14.9. The summed E-state index contributed by atoms with van der Waals surface area (Å²) in [6.45, 7) is 10.4. The number of rotatable bonds is 4. The van der Waals surface area contributed by atoms with Crippen LogP contribution in [0.25, 0.3) is 0 Å². The van der Waals surface area contributed by atoms with Crippen LogP contribution in [0.15, 0.2) is 18.2 Å². The Balaban J connectivity index is 1.61. The fourth-order valence-electron chi connectivity index (χ4n) is 3.36. The van der Waals surface area contributed by atoms with Crippen LogP contribution in [-0.4, -0.2) is 25.4 Å². The summed E-state index contributed by atoms with van der Waals surface area (Å²) in [4.78, 5) is 0. The summed E-state index contributed by atoms with van der Waals surface area (Å²) in [6, 6.07) is 6.52. The Kier molecular flexibility index (Phi) is 3.98. The van der Waals surface area contributed by atoms with Gasteiger partial charge in [-0.3, -0.25) is 0 Å². The number of hydrogen-bond acceptors (Lipinski definition) is 3. The molecule has 1 N–H and O–H groups in total. The quantitative estimate of drug-likeness (QED) is 0.922. The Morgan fingerprint density at radius 3 is 2.67 bits per heavy atom. The highest BCUT2D eigenvalue weighted by atomic mass is 16.5. The molecule has 3 nitrogen and oxygen atoms in total. The van der Waals surface area contributed by atoms with Crippen molar-refractivity contribution in [1.82, 2.24) is 5.32 Å². The van der Waals surface area contributed by atoms with Gasteiger partial charge in [0.25, 0.3) is 0 Å². The summed E-state index contributed by atoms with van der Waals surface area (Å²) in [5, 5.41) is 3.63. The largest absolute Gasteiger partial charge is 0.487 e. The Morgan fingerprint density at radius 2 is 1.90 bits per heavy atom. The SMILES string of the molecule is CC1(CNCc2cccc3c2OC(C)(C)C3)CCOCC1. The van der Waals surface area contributed by atoms with Gasteiger partial charge in [0.2, 0.25) is 0 Å². The lowest BCUT2D eigenvalue weighted by Crippen LogP contribution is -2.36. The molecule has 1 aromatic carbocycles. The van der Waals surface area contributed by atoms with Crippen LogP contribution in [0.1, 0.15) is 44.7 Å². The summed E-state index contributed by atoms with van der Waals surface area (Å²) >= 11 is 0. The summed E-state index contributed by atoms with van der Waals surface area (Å²) in [5.74, 6) is 1.10. The average Bonchev–Trinajstić information content (AvgIpc) is 2.74. The van der Waals surface area contributed by atoms with Crippen LogP contribution in [0.3, 0.4) is 0 Å². The van der Waals surface area contributed by atoms with Gasteiger partial charge in [-0.2, -0.15) is 0 Å². The van der Waals surface area contributed by atoms with Crippen LogP contribution < -0.4 is 10.1 Å². The lowest BCUT2D eigenvalue weighted by Gasteiger charge is -2.33. The molecule has 0 amide bonds. The molecule has 1 aromatic rings. The number of para-hydroxylation sites is 1. The minimum absolute atomic E-state index is 0.0644. The molecule has 3 heteroatoms. The molecule has 1 fully saturated rings. The molecule has 0 aliphatic carbocycles. The highest BCUT2D eigenvalue weighted by Gasteiger charge is 2.32. The van der Waals surface area contributed by atoms with Gasteiger partial charge in [0, 0.05) is 38.3 Å². The van der Waals surface area contributed by atoms with Gasteiger partial charge in [-0.25, -0.2) is 0 Å². The van der Waals surface area contributed by atoms with E-state index in [0.717, 1.165) is 51.3 Å². The van der Waals surface area contributed by atoms with Crippen LogP contribution in [0.4, 0.5) is 0 Å². The van der Waals surface area contributed by atoms with Gasteiger partial charge in [-0.1, -0.05) is 25.1 Å². The molecule has 0 atom stereocenters. The molecule has 21 heavy (non-hydrogen) atoms. The van der Waals surface area contributed by atoms with E-state index in [-0.39, 0.29) is 5.60 Å². The van der Waals surface area contributed by atoms with Gasteiger partial charge in [0.15, 0.2) is 0 Å². The molecule has 0 radical (unpaired) electrons. The molecule has 1 saturated heterocycles. The maximum Gasteiger partial charge on any atom is 0.127 e. The minimum Gasteiger partial charge on any atom is -0.487 e. The first-order valence-corrected chi connectivity index (χ1v) is 8.06. The zero-order valence-electron chi connectivity index (χ0n) is 13.5. The lowest BCUT2D eigenvalue weighted by molar-refractivity contribution is 0.0239. The molecule has 3 rings (SSSR count). The maximum absolute atomic E-state index is 6.13. The molecule has 2 aliphatic heterocycles. The molecule has 0 unspecified atom stereocenters. The topological polar surface area (TPSA) is 30.5 Å². The van der Waals surface area contributed by atoms with Gasteiger partial charge in [0.05, 0.1) is 0 Å². The smallest absolute Gasteiger partial charge is 0.127 e. The Hall–Kier alpha value is -1.06. The highest BCUT2D eigenvalue weighted by molar-refractivity contribution is 5.45. The number of fused-ring (bicyclic) bond motifs is 1. The van der Waals surface area contributed by atoms with Crippen molar-refractivity contribution in [2.75, 3.05) is 19.8 Å². The van der Waals surface area contributed by atoms with Crippen LogP contribution in [-0.2, 0) is 17.7 Å². The Morgan fingerprint density at radius 1 is 1.14 bits per heavy atom. The average molecular weight is 289 g/mol. The molecule has 0 saturated carbocycles. The highest BCUT2D eigenvalue weighted by Crippen LogP contribution is 2.37. The van der Waals surface area contributed by atoms with Crippen LogP contribution in [0, 0.1) is 5.41 Å². The molecular formula is C18H27NO2. The van der Waals surface area contributed by atoms with Crippen molar-refractivity contribution >= 4 is 0 Å². The van der Waals surface area contributed by atoms with E-state index < -0.39 is 0 Å². The molecule has 0 aromatic heterocycles. The molecule has 116 valence electrons. The van der Waals surface area contributed by atoms with Crippen LogP contribution in [0.5, 0.6) is 5.75 Å². The number of ether oxygens (including phenoxy) is 2. The van der Waals surface area contributed by atoms with Crippen molar-refractivity contribution in [3.8, 4) is 5.75 Å². The first-order valence-electron chi connectivity index (χ1n) is 8.06. The first-order chi connectivity index (χ1) is 9.98. The van der Waals surface area contributed by atoms with E-state index >= 15 is 0 Å². The fourth-order valence-corrected chi connectivity index (χ4v) is 3.36. The van der Waals surface area contributed by atoms with Gasteiger partial charge >= 0.3 is 0 Å². The van der Waals surface area contributed by atoms with Crippen molar-refractivity contribution in [2.45, 2.75) is 52.2 Å². The zero-order valence-corrected chi connectivity index (χ0v) is 13.5. The second-order valence-corrected chi connectivity index (χ2v) is 7.47. The molecule has 2 heterocycles. The second-order valence-electron chi connectivity index (χ2n) is 7.47. The predicted octanol–water partition coefficient (Wildman–Crippen LogP) is 3.31. The summed E-state index contributed by atoms with van der Waals surface area (Å²) in [7, 11) is 0. The fraction of sp³-hybridized carbons (Fsp3) is 0.667. The number of benzene rings is 1. The third-order valence-electron chi connectivity index (χ3n) is 4.74.